The van der Waals surface area contributed by atoms with Crippen molar-refractivity contribution in [2.45, 2.75) is 26.2 Å². The average molecular weight is 362 g/mol. The van der Waals surface area contributed by atoms with Crippen molar-refractivity contribution in [3.8, 4) is 5.75 Å². The quantitative estimate of drug-likeness (QED) is 0.816. The fraction of sp³-hybridized carbons (Fsp3) is 0.278. The van der Waals surface area contributed by atoms with Gasteiger partial charge in [0.05, 0.1) is 12.8 Å². The Labute approximate surface area is 139 Å². The molecule has 0 aliphatic rings. The normalized spacial score (nSPS) is 10.3. The average Bonchev–Trinajstić information content (AvgIpc) is 2.53. The Morgan fingerprint density at radius 3 is 2.45 bits per heavy atom. The van der Waals surface area contributed by atoms with Crippen molar-refractivity contribution >= 4 is 27.5 Å². The number of benzene rings is 2. The van der Waals surface area contributed by atoms with E-state index in [2.05, 4.69) is 52.4 Å². The Balaban J connectivity index is 1.94. The minimum absolute atomic E-state index is 0.0176. The van der Waals surface area contributed by atoms with Crippen LogP contribution in [-0.2, 0) is 17.6 Å². The Morgan fingerprint density at radius 1 is 1.14 bits per heavy atom. The molecule has 0 fully saturated rings. The highest BCUT2D eigenvalue weighted by Gasteiger charge is 2.08. The maximum atomic E-state index is 12.1. The first-order valence-corrected chi connectivity index (χ1v) is 8.13. The number of hydrogen-bond acceptors (Lipinski definition) is 2. The number of amides is 1. The summed E-state index contributed by atoms with van der Waals surface area (Å²) in [5.74, 6) is 0.639. The fourth-order valence-corrected chi connectivity index (χ4v) is 2.55. The molecule has 0 spiro atoms. The molecule has 0 aliphatic carbocycles. The monoisotopic (exact) mass is 361 g/mol. The molecule has 22 heavy (non-hydrogen) atoms. The van der Waals surface area contributed by atoms with Gasteiger partial charge in [-0.2, -0.15) is 0 Å². The van der Waals surface area contributed by atoms with E-state index in [9.17, 15) is 4.79 Å². The van der Waals surface area contributed by atoms with E-state index in [4.69, 9.17) is 4.74 Å². The van der Waals surface area contributed by atoms with Gasteiger partial charge >= 0.3 is 0 Å². The molecule has 0 atom stereocenters. The van der Waals surface area contributed by atoms with Gasteiger partial charge in [-0.1, -0.05) is 47.1 Å². The molecule has 0 heterocycles. The molecular weight excluding hydrogens is 342 g/mol. The SMILES string of the molecule is CCc1ccc(CCC(=O)Nc2cc(Br)ccc2OC)cc1. The van der Waals surface area contributed by atoms with Crippen molar-refractivity contribution in [1.82, 2.24) is 0 Å². The van der Waals surface area contributed by atoms with E-state index in [1.807, 2.05) is 18.2 Å². The molecule has 1 N–H and O–H groups in total. The van der Waals surface area contributed by atoms with Gasteiger partial charge in [-0.3, -0.25) is 4.79 Å². The largest absolute Gasteiger partial charge is 0.495 e. The molecule has 2 aromatic carbocycles. The van der Waals surface area contributed by atoms with E-state index >= 15 is 0 Å². The zero-order chi connectivity index (χ0) is 15.9. The lowest BCUT2D eigenvalue weighted by Crippen LogP contribution is -2.13. The fourth-order valence-electron chi connectivity index (χ4n) is 2.19. The predicted molar refractivity (Wildman–Crippen MR) is 93.5 cm³/mol. The third-order valence-electron chi connectivity index (χ3n) is 3.51. The maximum absolute atomic E-state index is 12.1. The molecule has 0 aliphatic heterocycles. The van der Waals surface area contributed by atoms with Gasteiger partial charge in [0.1, 0.15) is 5.75 Å². The van der Waals surface area contributed by atoms with E-state index < -0.39 is 0 Å². The molecule has 1 amide bonds. The third-order valence-corrected chi connectivity index (χ3v) is 4.00. The van der Waals surface area contributed by atoms with Gasteiger partial charge in [-0.25, -0.2) is 0 Å². The lowest BCUT2D eigenvalue weighted by molar-refractivity contribution is -0.116. The first-order valence-electron chi connectivity index (χ1n) is 7.33. The van der Waals surface area contributed by atoms with Gasteiger partial charge in [-0.05, 0) is 42.2 Å². The Bertz CT molecular complexity index is 638. The second-order valence-electron chi connectivity index (χ2n) is 5.06. The number of methoxy groups -OCH3 is 1. The van der Waals surface area contributed by atoms with Crippen LogP contribution in [0.25, 0.3) is 0 Å². The summed E-state index contributed by atoms with van der Waals surface area (Å²) in [5, 5.41) is 2.90. The molecule has 0 saturated carbocycles. The van der Waals surface area contributed by atoms with E-state index in [-0.39, 0.29) is 5.91 Å². The molecule has 4 heteroatoms. The Hall–Kier alpha value is -1.81. The zero-order valence-corrected chi connectivity index (χ0v) is 14.4. The predicted octanol–water partition coefficient (Wildman–Crippen LogP) is 4.59. The van der Waals surface area contributed by atoms with Crippen molar-refractivity contribution in [2.75, 3.05) is 12.4 Å². The van der Waals surface area contributed by atoms with Crippen molar-refractivity contribution < 1.29 is 9.53 Å². The highest BCUT2D eigenvalue weighted by molar-refractivity contribution is 9.10. The van der Waals surface area contributed by atoms with Crippen LogP contribution in [0.4, 0.5) is 5.69 Å². The van der Waals surface area contributed by atoms with E-state index in [1.54, 1.807) is 7.11 Å². The van der Waals surface area contributed by atoms with Crippen LogP contribution in [0.2, 0.25) is 0 Å². The highest BCUT2D eigenvalue weighted by atomic mass is 79.9. The van der Waals surface area contributed by atoms with Crippen LogP contribution in [0, 0.1) is 0 Å². The first kappa shape index (κ1) is 16.6. The lowest BCUT2D eigenvalue weighted by Gasteiger charge is -2.10. The highest BCUT2D eigenvalue weighted by Crippen LogP contribution is 2.28. The molecule has 0 unspecified atom stereocenters. The number of ether oxygens (including phenoxy) is 1. The molecule has 0 bridgehead atoms. The van der Waals surface area contributed by atoms with Crippen molar-refractivity contribution in [3.63, 3.8) is 0 Å². The number of carbonyl (C=O) groups excluding carboxylic acids is 1. The van der Waals surface area contributed by atoms with Crippen molar-refractivity contribution in [3.05, 3.63) is 58.1 Å². The van der Waals surface area contributed by atoms with Crippen LogP contribution in [0.3, 0.4) is 0 Å². The van der Waals surface area contributed by atoms with E-state index in [0.717, 1.165) is 17.3 Å². The molecule has 0 saturated heterocycles. The van der Waals surface area contributed by atoms with Crippen molar-refractivity contribution in [1.29, 1.82) is 0 Å². The standard InChI is InChI=1S/C18H20BrNO2/c1-3-13-4-6-14(7-5-13)8-11-18(21)20-16-12-15(19)9-10-17(16)22-2/h4-7,9-10,12H,3,8,11H2,1-2H3,(H,20,21). The minimum Gasteiger partial charge on any atom is -0.495 e. The summed E-state index contributed by atoms with van der Waals surface area (Å²) in [7, 11) is 1.59. The second-order valence-corrected chi connectivity index (χ2v) is 5.98. The van der Waals surface area contributed by atoms with Gasteiger partial charge in [0.15, 0.2) is 0 Å². The lowest BCUT2D eigenvalue weighted by atomic mass is 10.1. The summed E-state index contributed by atoms with van der Waals surface area (Å²) < 4.78 is 6.16. The van der Waals surface area contributed by atoms with Gasteiger partial charge in [0.25, 0.3) is 0 Å². The molecule has 0 aromatic heterocycles. The van der Waals surface area contributed by atoms with Gasteiger partial charge in [0.2, 0.25) is 5.91 Å². The van der Waals surface area contributed by atoms with Gasteiger partial charge < -0.3 is 10.1 Å². The van der Waals surface area contributed by atoms with Crippen molar-refractivity contribution in [2.24, 2.45) is 0 Å². The smallest absolute Gasteiger partial charge is 0.224 e. The summed E-state index contributed by atoms with van der Waals surface area (Å²) in [4.78, 5) is 12.1. The maximum Gasteiger partial charge on any atom is 0.224 e. The minimum atomic E-state index is -0.0176. The molecule has 116 valence electrons. The van der Waals surface area contributed by atoms with Crippen LogP contribution in [0.15, 0.2) is 46.9 Å². The summed E-state index contributed by atoms with van der Waals surface area (Å²) >= 11 is 3.40. The van der Waals surface area contributed by atoms with Crippen LogP contribution in [0.1, 0.15) is 24.5 Å². The summed E-state index contributed by atoms with van der Waals surface area (Å²) in [6.07, 6.45) is 2.21. The number of hydrogen-bond donors (Lipinski definition) is 1. The summed E-state index contributed by atoms with van der Waals surface area (Å²) in [6.45, 7) is 2.13. The van der Waals surface area contributed by atoms with E-state index in [0.29, 0.717) is 17.9 Å². The van der Waals surface area contributed by atoms with Crippen LogP contribution >= 0.6 is 15.9 Å². The number of nitrogens with one attached hydrogen (secondary N) is 1. The Kier molecular flexibility index (Phi) is 6.01. The van der Waals surface area contributed by atoms with Crippen LogP contribution < -0.4 is 10.1 Å². The number of rotatable bonds is 6. The van der Waals surface area contributed by atoms with Crippen LogP contribution in [-0.4, -0.2) is 13.0 Å². The number of anilines is 1. The first-order chi connectivity index (χ1) is 10.6. The number of halogens is 1. The van der Waals surface area contributed by atoms with Crippen LogP contribution in [0.5, 0.6) is 5.75 Å². The zero-order valence-electron chi connectivity index (χ0n) is 12.9. The molecule has 2 aromatic rings. The summed E-state index contributed by atoms with van der Waals surface area (Å²) in [6, 6.07) is 14.0. The third kappa shape index (κ3) is 4.60. The molecule has 0 radical (unpaired) electrons. The second kappa shape index (κ2) is 7.99. The van der Waals surface area contributed by atoms with Gasteiger partial charge in [-0.15, -0.1) is 0 Å². The molecule has 3 nitrogen and oxygen atoms in total. The molecular formula is C18H20BrNO2. The molecule has 2 rings (SSSR count). The van der Waals surface area contributed by atoms with E-state index in [1.165, 1.54) is 11.1 Å². The van der Waals surface area contributed by atoms with Gasteiger partial charge in [0, 0.05) is 10.9 Å². The Morgan fingerprint density at radius 2 is 1.82 bits per heavy atom. The number of aryl methyl sites for hydroxylation is 2. The topological polar surface area (TPSA) is 38.3 Å². The summed E-state index contributed by atoms with van der Waals surface area (Å²) in [5.41, 5.74) is 3.17. The number of carbonyl (C=O) groups is 1.